The Morgan fingerprint density at radius 1 is 1.19 bits per heavy atom. The van der Waals surface area contributed by atoms with Crippen LogP contribution in [0, 0.1) is 5.82 Å². The first-order chi connectivity index (χ1) is 12.9. The molecule has 1 atom stereocenters. The highest BCUT2D eigenvalue weighted by Gasteiger charge is 2.41. The Balaban J connectivity index is 1.55. The summed E-state index contributed by atoms with van der Waals surface area (Å²) in [6.45, 7) is 1.89. The lowest BCUT2D eigenvalue weighted by Gasteiger charge is -2.32. The molecule has 0 bridgehead atoms. The first-order valence-electron chi connectivity index (χ1n) is 8.84. The van der Waals surface area contributed by atoms with Crippen molar-refractivity contribution in [2.75, 3.05) is 19.7 Å². The second-order valence-electron chi connectivity index (χ2n) is 7.06. The summed E-state index contributed by atoms with van der Waals surface area (Å²) in [4.78, 5) is 0. The van der Waals surface area contributed by atoms with E-state index in [0.717, 1.165) is 49.7 Å². The van der Waals surface area contributed by atoms with E-state index in [9.17, 15) is 17.6 Å². The molecule has 2 aromatic carbocycles. The predicted octanol–water partition coefficient (Wildman–Crippen LogP) is 4.44. The number of fused-ring (bicyclic) bond motifs is 2. The second kappa shape index (κ2) is 6.71. The van der Waals surface area contributed by atoms with E-state index in [1.165, 1.54) is 0 Å². The average Bonchev–Trinajstić information content (AvgIpc) is 2.98. The van der Waals surface area contributed by atoms with Crippen LogP contribution in [0.5, 0.6) is 11.5 Å². The molecule has 7 heteroatoms. The van der Waals surface area contributed by atoms with Crippen LogP contribution in [-0.4, -0.2) is 19.7 Å². The monoisotopic (exact) mass is 381 g/mol. The van der Waals surface area contributed by atoms with Crippen LogP contribution in [0.3, 0.4) is 0 Å². The second-order valence-corrected chi connectivity index (χ2v) is 7.06. The molecule has 1 unspecified atom stereocenters. The van der Waals surface area contributed by atoms with Gasteiger partial charge in [-0.15, -0.1) is 0 Å². The third kappa shape index (κ3) is 3.36. The lowest BCUT2D eigenvalue weighted by molar-refractivity contribution is -0.138. The molecule has 1 fully saturated rings. The van der Waals surface area contributed by atoms with E-state index in [1.807, 2.05) is 6.07 Å². The summed E-state index contributed by atoms with van der Waals surface area (Å²) in [5, 5.41) is 3.39. The van der Waals surface area contributed by atoms with Gasteiger partial charge in [0.15, 0.2) is 0 Å². The highest BCUT2D eigenvalue weighted by atomic mass is 19.4. The SMILES string of the molecule is Fc1cccc(C(F)(F)F)c1COc1ccc2c(c1)OCC21CCCNC1. The molecule has 0 aliphatic carbocycles. The average molecular weight is 381 g/mol. The van der Waals surface area contributed by atoms with E-state index in [2.05, 4.69) is 5.32 Å². The lowest BCUT2D eigenvalue weighted by atomic mass is 9.76. The number of halogens is 4. The summed E-state index contributed by atoms with van der Waals surface area (Å²) in [5.41, 5.74) is -0.489. The van der Waals surface area contributed by atoms with E-state index in [-0.39, 0.29) is 5.41 Å². The molecule has 1 spiro atoms. The number of benzene rings is 2. The van der Waals surface area contributed by atoms with E-state index in [4.69, 9.17) is 9.47 Å². The van der Waals surface area contributed by atoms with Crippen molar-refractivity contribution < 1.29 is 27.0 Å². The van der Waals surface area contributed by atoms with Crippen molar-refractivity contribution in [3.8, 4) is 11.5 Å². The number of piperidine rings is 1. The summed E-state index contributed by atoms with van der Waals surface area (Å²) >= 11 is 0. The van der Waals surface area contributed by atoms with Crippen LogP contribution in [-0.2, 0) is 18.2 Å². The number of nitrogens with one attached hydrogen (secondary N) is 1. The van der Waals surface area contributed by atoms with Crippen LogP contribution in [0.25, 0.3) is 0 Å². The summed E-state index contributed by atoms with van der Waals surface area (Å²) in [6, 6.07) is 8.18. The fraction of sp³-hybridized carbons (Fsp3) is 0.400. The molecule has 1 saturated heterocycles. The van der Waals surface area contributed by atoms with Gasteiger partial charge in [-0.05, 0) is 37.6 Å². The first-order valence-corrected chi connectivity index (χ1v) is 8.84. The molecule has 0 radical (unpaired) electrons. The molecule has 3 nitrogen and oxygen atoms in total. The minimum atomic E-state index is -4.64. The van der Waals surface area contributed by atoms with Gasteiger partial charge in [-0.3, -0.25) is 0 Å². The molecule has 0 aromatic heterocycles. The van der Waals surface area contributed by atoms with Crippen LogP contribution >= 0.6 is 0 Å². The van der Waals surface area contributed by atoms with Crippen LogP contribution in [0.4, 0.5) is 17.6 Å². The highest BCUT2D eigenvalue weighted by Crippen LogP contribution is 2.44. The summed E-state index contributed by atoms with van der Waals surface area (Å²) in [6.07, 6.45) is -2.55. The topological polar surface area (TPSA) is 30.5 Å². The molecule has 2 aliphatic heterocycles. The van der Waals surface area contributed by atoms with Gasteiger partial charge in [0.25, 0.3) is 0 Å². The minimum absolute atomic E-state index is 0.0545. The standard InChI is InChI=1S/C20H19F4NO2/c21-17-4-1-3-15(20(22,23)24)14(17)10-26-13-5-6-16-18(9-13)27-12-19(16)7-2-8-25-11-19/h1,3-6,9,25H,2,7-8,10-12H2. The summed E-state index contributed by atoms with van der Waals surface area (Å²) < 4.78 is 64.5. The Bertz CT molecular complexity index is 844. The zero-order valence-corrected chi connectivity index (χ0v) is 14.5. The van der Waals surface area contributed by atoms with Gasteiger partial charge >= 0.3 is 6.18 Å². The fourth-order valence-electron chi connectivity index (χ4n) is 3.89. The van der Waals surface area contributed by atoms with Gasteiger partial charge in [-0.1, -0.05) is 12.1 Å². The fourth-order valence-corrected chi connectivity index (χ4v) is 3.89. The van der Waals surface area contributed by atoms with Crippen molar-refractivity contribution in [3.05, 3.63) is 58.9 Å². The molecule has 27 heavy (non-hydrogen) atoms. The molecule has 0 amide bonds. The lowest BCUT2D eigenvalue weighted by Crippen LogP contribution is -2.44. The van der Waals surface area contributed by atoms with Gasteiger partial charge in [-0.25, -0.2) is 4.39 Å². The first kappa shape index (κ1) is 18.1. The Morgan fingerprint density at radius 2 is 2.04 bits per heavy atom. The third-order valence-corrected chi connectivity index (χ3v) is 5.31. The number of ether oxygens (including phenoxy) is 2. The quantitative estimate of drug-likeness (QED) is 0.798. The molecule has 1 N–H and O–H groups in total. The molecule has 4 rings (SSSR count). The van der Waals surface area contributed by atoms with Crippen molar-refractivity contribution in [2.24, 2.45) is 0 Å². The largest absolute Gasteiger partial charge is 0.492 e. The van der Waals surface area contributed by atoms with Crippen molar-refractivity contribution in [2.45, 2.75) is 31.0 Å². The Hall–Kier alpha value is -2.28. The maximum atomic E-state index is 13.9. The van der Waals surface area contributed by atoms with E-state index in [0.29, 0.717) is 18.1 Å². The van der Waals surface area contributed by atoms with Gasteiger partial charge in [0.05, 0.1) is 12.2 Å². The molecule has 0 saturated carbocycles. The van der Waals surface area contributed by atoms with Crippen LogP contribution in [0.2, 0.25) is 0 Å². The maximum Gasteiger partial charge on any atom is 0.416 e. The van der Waals surface area contributed by atoms with E-state index >= 15 is 0 Å². The molecule has 2 aliphatic rings. The van der Waals surface area contributed by atoms with Crippen LogP contribution < -0.4 is 14.8 Å². The van der Waals surface area contributed by atoms with E-state index < -0.39 is 29.7 Å². The smallest absolute Gasteiger partial charge is 0.416 e. The zero-order valence-electron chi connectivity index (χ0n) is 14.5. The van der Waals surface area contributed by atoms with Gasteiger partial charge in [0.1, 0.15) is 23.9 Å². The molecule has 144 valence electrons. The number of rotatable bonds is 3. The Labute approximate surface area is 154 Å². The van der Waals surface area contributed by atoms with Gasteiger partial charge in [0, 0.05) is 29.2 Å². The van der Waals surface area contributed by atoms with Crippen molar-refractivity contribution in [1.29, 1.82) is 0 Å². The summed E-state index contributed by atoms with van der Waals surface area (Å²) in [5.74, 6) is 0.0983. The summed E-state index contributed by atoms with van der Waals surface area (Å²) in [7, 11) is 0. The minimum Gasteiger partial charge on any atom is -0.492 e. The van der Waals surface area contributed by atoms with Gasteiger partial charge < -0.3 is 14.8 Å². The highest BCUT2D eigenvalue weighted by molar-refractivity contribution is 5.49. The molecule has 2 heterocycles. The molecular formula is C20H19F4NO2. The molecule has 2 aromatic rings. The van der Waals surface area contributed by atoms with E-state index in [1.54, 1.807) is 12.1 Å². The number of hydrogen-bond acceptors (Lipinski definition) is 3. The third-order valence-electron chi connectivity index (χ3n) is 5.31. The van der Waals surface area contributed by atoms with Crippen LogP contribution in [0.1, 0.15) is 29.5 Å². The number of hydrogen-bond donors (Lipinski definition) is 1. The predicted molar refractivity (Wildman–Crippen MR) is 91.5 cm³/mol. The zero-order chi connectivity index (χ0) is 19.1. The maximum absolute atomic E-state index is 13.9. The van der Waals surface area contributed by atoms with Gasteiger partial charge in [0.2, 0.25) is 0 Å². The Morgan fingerprint density at radius 3 is 2.78 bits per heavy atom. The van der Waals surface area contributed by atoms with Gasteiger partial charge in [-0.2, -0.15) is 13.2 Å². The van der Waals surface area contributed by atoms with Crippen molar-refractivity contribution >= 4 is 0 Å². The van der Waals surface area contributed by atoms with Crippen molar-refractivity contribution in [1.82, 2.24) is 5.32 Å². The Kier molecular flexibility index (Phi) is 4.50. The number of alkyl halides is 3. The normalized spacial score (nSPS) is 21.8. The van der Waals surface area contributed by atoms with Crippen molar-refractivity contribution in [3.63, 3.8) is 0 Å². The van der Waals surface area contributed by atoms with Crippen LogP contribution in [0.15, 0.2) is 36.4 Å². The molecular weight excluding hydrogens is 362 g/mol.